The van der Waals surface area contributed by atoms with Crippen LogP contribution in [0.15, 0.2) is 72.8 Å². The number of ketones is 1. The van der Waals surface area contributed by atoms with Crippen LogP contribution in [0.1, 0.15) is 28.8 Å². The monoisotopic (exact) mass is 576 g/mol. The Morgan fingerprint density at radius 1 is 0.925 bits per heavy atom. The van der Waals surface area contributed by atoms with Crippen LogP contribution >= 0.6 is 11.6 Å². The van der Waals surface area contributed by atoms with Crippen LogP contribution in [0.3, 0.4) is 0 Å². The van der Waals surface area contributed by atoms with E-state index in [0.717, 1.165) is 17.7 Å². The summed E-state index contributed by atoms with van der Waals surface area (Å²) in [4.78, 5) is 49.4. The number of rotatable bonds is 12. The number of halogens is 4. The lowest BCUT2D eigenvalue weighted by Gasteiger charge is -2.17. The van der Waals surface area contributed by atoms with Crippen LogP contribution in [0.25, 0.3) is 0 Å². The number of nitrogens with one attached hydrogen (secondary N) is 2. The number of alkyl halides is 3. The molecule has 0 saturated carbocycles. The average molecular weight is 577 g/mol. The maximum absolute atomic E-state index is 13.1. The van der Waals surface area contributed by atoms with E-state index in [9.17, 15) is 32.3 Å². The Morgan fingerprint density at radius 2 is 1.60 bits per heavy atom. The molecule has 3 aromatic rings. The van der Waals surface area contributed by atoms with Gasteiger partial charge >= 0.3 is 12.1 Å². The highest BCUT2D eigenvalue weighted by atomic mass is 35.5. The number of hydrogen-bond acceptors (Lipinski definition) is 5. The van der Waals surface area contributed by atoms with Gasteiger partial charge in [0.2, 0.25) is 11.7 Å². The molecule has 3 N–H and O–H groups in total. The molecule has 8 nitrogen and oxygen atoms in total. The van der Waals surface area contributed by atoms with Crippen molar-refractivity contribution >= 4 is 46.5 Å². The van der Waals surface area contributed by atoms with Crippen LogP contribution in [0.5, 0.6) is 5.75 Å². The largest absolute Gasteiger partial charge is 0.482 e. The first-order valence-corrected chi connectivity index (χ1v) is 12.3. The Bertz CT molecular complexity index is 1360. The van der Waals surface area contributed by atoms with Gasteiger partial charge in [-0.15, -0.1) is 0 Å². The number of carboxylic acids is 1. The molecule has 0 heterocycles. The second-order valence-corrected chi connectivity index (χ2v) is 9.16. The SMILES string of the molecule is O=C(CC[C@@H](Cc1ccccc1)C(=O)Nc1ccc(C(=O)O)cc1)C(=O)Nc1cc(Cl)ccc1OCC(F)(F)F. The van der Waals surface area contributed by atoms with Crippen molar-refractivity contribution in [2.24, 2.45) is 5.92 Å². The second kappa shape index (κ2) is 13.6. The predicted octanol–water partition coefficient (Wildman–Crippen LogP) is 5.76. The van der Waals surface area contributed by atoms with Crippen molar-refractivity contribution in [3.8, 4) is 5.75 Å². The third-order valence-electron chi connectivity index (χ3n) is 5.65. The van der Waals surface area contributed by atoms with Gasteiger partial charge in [0.1, 0.15) is 5.75 Å². The summed E-state index contributed by atoms with van der Waals surface area (Å²) in [6, 6.07) is 18.1. The molecule has 0 saturated heterocycles. The van der Waals surface area contributed by atoms with Gasteiger partial charge in [0.25, 0.3) is 5.91 Å². The van der Waals surface area contributed by atoms with Crippen LogP contribution in [-0.4, -0.2) is 41.5 Å². The summed E-state index contributed by atoms with van der Waals surface area (Å²) in [5.74, 6) is -4.64. The van der Waals surface area contributed by atoms with Crippen molar-refractivity contribution in [2.75, 3.05) is 17.2 Å². The fourth-order valence-corrected chi connectivity index (χ4v) is 3.83. The normalized spacial score (nSPS) is 11.8. The molecule has 40 heavy (non-hydrogen) atoms. The Labute approximate surface area is 232 Å². The number of hydrogen-bond donors (Lipinski definition) is 3. The molecule has 210 valence electrons. The Morgan fingerprint density at radius 3 is 2.23 bits per heavy atom. The van der Waals surface area contributed by atoms with Crippen LogP contribution in [0.4, 0.5) is 24.5 Å². The number of carbonyl (C=O) groups excluding carboxylic acids is 3. The molecule has 0 aliphatic rings. The van der Waals surface area contributed by atoms with Gasteiger partial charge in [-0.3, -0.25) is 14.4 Å². The topological polar surface area (TPSA) is 122 Å². The molecule has 0 aliphatic heterocycles. The lowest BCUT2D eigenvalue weighted by atomic mass is 9.92. The number of aromatic carboxylic acids is 1. The first-order chi connectivity index (χ1) is 18.9. The summed E-state index contributed by atoms with van der Waals surface area (Å²) in [5.41, 5.74) is 0.997. The van der Waals surface area contributed by atoms with Gasteiger partial charge in [-0.2, -0.15) is 13.2 Å². The molecule has 0 bridgehead atoms. The van der Waals surface area contributed by atoms with E-state index < -0.39 is 42.3 Å². The number of benzene rings is 3. The summed E-state index contributed by atoms with van der Waals surface area (Å²) in [7, 11) is 0. The molecule has 0 radical (unpaired) electrons. The fraction of sp³-hybridized carbons (Fsp3) is 0.214. The fourth-order valence-electron chi connectivity index (χ4n) is 3.66. The predicted molar refractivity (Wildman–Crippen MR) is 142 cm³/mol. The number of anilines is 2. The van der Waals surface area contributed by atoms with E-state index in [1.807, 2.05) is 0 Å². The van der Waals surface area contributed by atoms with Crippen molar-refractivity contribution in [3.63, 3.8) is 0 Å². The molecule has 0 aliphatic carbocycles. The zero-order valence-electron chi connectivity index (χ0n) is 20.8. The molecule has 12 heteroatoms. The first-order valence-electron chi connectivity index (χ1n) is 11.9. The zero-order chi connectivity index (χ0) is 29.3. The third-order valence-corrected chi connectivity index (χ3v) is 5.88. The highest BCUT2D eigenvalue weighted by Gasteiger charge is 2.29. The Hall–Kier alpha value is -4.38. The summed E-state index contributed by atoms with van der Waals surface area (Å²) >= 11 is 5.89. The maximum atomic E-state index is 13.1. The third kappa shape index (κ3) is 9.42. The van der Waals surface area contributed by atoms with Crippen LogP contribution in [-0.2, 0) is 20.8 Å². The van der Waals surface area contributed by atoms with Crippen molar-refractivity contribution in [3.05, 3.63) is 88.9 Å². The van der Waals surface area contributed by atoms with Crippen LogP contribution < -0.4 is 15.4 Å². The minimum absolute atomic E-state index is 0.0207. The van der Waals surface area contributed by atoms with Gasteiger partial charge in [0, 0.05) is 23.0 Å². The smallest absolute Gasteiger partial charge is 0.422 e. The molecular weight excluding hydrogens is 553 g/mol. The highest BCUT2D eigenvalue weighted by molar-refractivity contribution is 6.41. The minimum Gasteiger partial charge on any atom is -0.482 e. The summed E-state index contributed by atoms with van der Waals surface area (Å²) in [6.45, 7) is -1.61. The lowest BCUT2D eigenvalue weighted by molar-refractivity contribution is -0.153. The summed E-state index contributed by atoms with van der Waals surface area (Å²) in [6.07, 6.45) is -4.73. The number of Topliss-reactive ketones (excluding diaryl/α,β-unsaturated/α-hetero) is 1. The van der Waals surface area contributed by atoms with Gasteiger partial charge in [-0.1, -0.05) is 41.9 Å². The van der Waals surface area contributed by atoms with Crippen molar-refractivity contribution in [1.29, 1.82) is 0 Å². The quantitative estimate of drug-likeness (QED) is 0.236. The van der Waals surface area contributed by atoms with E-state index in [0.29, 0.717) is 5.69 Å². The molecule has 3 aromatic carbocycles. The lowest BCUT2D eigenvalue weighted by Crippen LogP contribution is -2.28. The number of ether oxygens (including phenoxy) is 1. The second-order valence-electron chi connectivity index (χ2n) is 8.72. The molecular formula is C28H24ClF3N2O6. The first kappa shape index (κ1) is 30.2. The van der Waals surface area contributed by atoms with Crippen molar-refractivity contribution in [2.45, 2.75) is 25.4 Å². The molecule has 0 aromatic heterocycles. The molecule has 0 spiro atoms. The zero-order valence-corrected chi connectivity index (χ0v) is 21.6. The van der Waals surface area contributed by atoms with Crippen LogP contribution in [0.2, 0.25) is 5.02 Å². The number of carboxylic acid groups (broad SMARTS) is 1. The summed E-state index contributed by atoms with van der Waals surface area (Å²) in [5, 5.41) is 14.1. The van der Waals surface area contributed by atoms with Crippen LogP contribution in [0, 0.1) is 5.92 Å². The van der Waals surface area contributed by atoms with Crippen molar-refractivity contribution in [1.82, 2.24) is 0 Å². The van der Waals surface area contributed by atoms with E-state index >= 15 is 0 Å². The standard InChI is InChI=1S/C28H24ClF3N2O6/c29-20-9-13-24(40-16-28(30,31)32)22(15-20)34-26(37)23(35)12-8-19(14-17-4-2-1-3-5-17)25(36)33-21-10-6-18(7-11-21)27(38)39/h1-7,9-11,13,15,19H,8,12,14,16H2,(H,33,36)(H,34,37)(H,38,39)/t19-/m0/s1. The van der Waals surface area contributed by atoms with Gasteiger partial charge in [0.05, 0.1) is 11.3 Å². The van der Waals surface area contributed by atoms with Gasteiger partial charge in [-0.05, 0) is 60.9 Å². The molecule has 0 unspecified atom stereocenters. The summed E-state index contributed by atoms with van der Waals surface area (Å²) < 4.78 is 42.5. The highest BCUT2D eigenvalue weighted by Crippen LogP contribution is 2.30. The molecule has 3 rings (SSSR count). The van der Waals surface area contributed by atoms with E-state index in [2.05, 4.69) is 10.6 Å². The van der Waals surface area contributed by atoms with Gasteiger partial charge in [0.15, 0.2) is 6.61 Å². The molecule has 2 amide bonds. The van der Waals surface area contributed by atoms with E-state index in [1.165, 1.54) is 30.3 Å². The van der Waals surface area contributed by atoms with E-state index in [-0.39, 0.29) is 41.3 Å². The molecule has 0 fully saturated rings. The number of amides is 2. The van der Waals surface area contributed by atoms with E-state index in [4.69, 9.17) is 21.4 Å². The number of carbonyl (C=O) groups is 4. The maximum Gasteiger partial charge on any atom is 0.422 e. The van der Waals surface area contributed by atoms with Gasteiger partial charge < -0.3 is 20.5 Å². The minimum atomic E-state index is -4.62. The van der Waals surface area contributed by atoms with Gasteiger partial charge in [-0.25, -0.2) is 4.79 Å². The Kier molecular flexibility index (Phi) is 10.3. The van der Waals surface area contributed by atoms with Crippen molar-refractivity contribution < 1.29 is 42.2 Å². The average Bonchev–Trinajstić information content (AvgIpc) is 2.90. The Balaban J connectivity index is 1.68. The molecule has 1 atom stereocenters. The van der Waals surface area contributed by atoms with E-state index in [1.54, 1.807) is 30.3 Å².